The maximum Gasteiger partial charge on any atom is 0.241 e. The van der Waals surface area contributed by atoms with E-state index in [4.69, 9.17) is 17.4 Å². The summed E-state index contributed by atoms with van der Waals surface area (Å²) in [4.78, 5) is -0.0487. The van der Waals surface area contributed by atoms with Gasteiger partial charge in [-0.15, -0.1) is 0 Å². The summed E-state index contributed by atoms with van der Waals surface area (Å²) in [5, 5.41) is 11.3. The molecule has 0 amide bonds. The third-order valence-electron chi connectivity index (χ3n) is 1.71. The molecule has 0 aliphatic rings. The van der Waals surface area contributed by atoms with Gasteiger partial charge in [-0.1, -0.05) is 0 Å². The highest BCUT2D eigenvalue weighted by Crippen LogP contribution is 2.12. The Balaban J connectivity index is 3.00. The lowest BCUT2D eigenvalue weighted by Crippen LogP contribution is -2.13. The number of fused-ring (bicyclic) bond motifs is 1. The lowest BCUT2D eigenvalue weighted by atomic mass is 10.5. The van der Waals surface area contributed by atoms with E-state index in [0.29, 0.717) is 4.77 Å². The summed E-state index contributed by atoms with van der Waals surface area (Å²) in [6, 6.07) is 2.92. The second kappa shape index (κ2) is 2.87. The first-order valence-electron chi connectivity index (χ1n) is 3.59. The maximum absolute atomic E-state index is 11.1. The normalized spacial score (nSPS) is 12.1. The van der Waals surface area contributed by atoms with Gasteiger partial charge >= 0.3 is 0 Å². The first-order chi connectivity index (χ1) is 6.50. The minimum absolute atomic E-state index is 0.0487. The number of nitrogens with two attached hydrogens (primary N) is 1. The van der Waals surface area contributed by atoms with Gasteiger partial charge in [0.25, 0.3) is 0 Å². The van der Waals surface area contributed by atoms with Crippen LogP contribution in [0.1, 0.15) is 0 Å². The largest absolute Gasteiger partial charge is 0.274 e. The van der Waals surface area contributed by atoms with Crippen molar-refractivity contribution in [3.63, 3.8) is 0 Å². The van der Waals surface area contributed by atoms with E-state index in [1.54, 1.807) is 6.20 Å². The van der Waals surface area contributed by atoms with Gasteiger partial charge in [-0.2, -0.15) is 5.10 Å². The van der Waals surface area contributed by atoms with Gasteiger partial charge in [-0.05, 0) is 24.4 Å². The van der Waals surface area contributed by atoms with E-state index in [2.05, 4.69) is 10.2 Å². The number of rotatable bonds is 1. The molecule has 0 aliphatic carbocycles. The highest BCUT2D eigenvalue weighted by Gasteiger charge is 2.14. The molecular weight excluding hydrogens is 224 g/mol. The number of nitrogens with one attached hydrogen (secondary N) is 1. The second-order valence-corrected chi connectivity index (χ2v) is 4.56. The summed E-state index contributed by atoms with van der Waals surface area (Å²) in [6.45, 7) is 0. The molecule has 0 spiro atoms. The Morgan fingerprint density at radius 3 is 2.93 bits per heavy atom. The molecule has 2 rings (SSSR count). The monoisotopic (exact) mass is 230 g/mol. The fourth-order valence-electron chi connectivity index (χ4n) is 1.13. The average Bonchev–Trinajstić information content (AvgIpc) is 2.46. The van der Waals surface area contributed by atoms with Crippen LogP contribution in [0.4, 0.5) is 0 Å². The van der Waals surface area contributed by atoms with Crippen molar-refractivity contribution in [2.45, 2.75) is 4.90 Å². The fraction of sp³-hybridized carbons (Fsp3) is 0. The summed E-state index contributed by atoms with van der Waals surface area (Å²) in [5.41, 5.74) is 0.208. The molecule has 14 heavy (non-hydrogen) atoms. The highest BCUT2D eigenvalue weighted by molar-refractivity contribution is 7.89. The van der Waals surface area contributed by atoms with E-state index in [-0.39, 0.29) is 10.5 Å². The van der Waals surface area contributed by atoms with Crippen molar-refractivity contribution in [2.75, 3.05) is 0 Å². The van der Waals surface area contributed by atoms with Gasteiger partial charge < -0.3 is 0 Å². The van der Waals surface area contributed by atoms with Crippen LogP contribution in [-0.4, -0.2) is 23.0 Å². The average molecular weight is 230 g/mol. The Morgan fingerprint density at radius 1 is 1.57 bits per heavy atom. The van der Waals surface area contributed by atoms with E-state index in [0.717, 1.165) is 0 Å². The number of aromatic nitrogens is 3. The number of hydrogen-bond donors (Lipinski definition) is 2. The van der Waals surface area contributed by atoms with Crippen molar-refractivity contribution in [3.8, 4) is 0 Å². The van der Waals surface area contributed by atoms with E-state index in [9.17, 15) is 8.42 Å². The number of sulfonamides is 1. The van der Waals surface area contributed by atoms with Crippen LogP contribution >= 0.6 is 12.2 Å². The van der Waals surface area contributed by atoms with Crippen molar-refractivity contribution >= 4 is 27.9 Å². The van der Waals surface area contributed by atoms with Gasteiger partial charge in [0.15, 0.2) is 10.4 Å². The molecule has 2 aromatic rings. The van der Waals surface area contributed by atoms with E-state index in [1.807, 2.05) is 0 Å². The molecule has 2 heterocycles. The van der Waals surface area contributed by atoms with Crippen LogP contribution < -0.4 is 5.14 Å². The second-order valence-electron chi connectivity index (χ2n) is 2.64. The smallest absolute Gasteiger partial charge is 0.241 e. The van der Waals surface area contributed by atoms with Gasteiger partial charge in [0.05, 0.1) is 0 Å². The van der Waals surface area contributed by atoms with Crippen molar-refractivity contribution in [2.24, 2.45) is 5.14 Å². The van der Waals surface area contributed by atoms with Gasteiger partial charge in [0.1, 0.15) is 4.90 Å². The Labute approximate surface area is 84.4 Å². The first kappa shape index (κ1) is 9.31. The number of aromatic amines is 1. The van der Waals surface area contributed by atoms with Crippen molar-refractivity contribution in [1.29, 1.82) is 0 Å². The molecule has 0 unspecified atom stereocenters. The SMILES string of the molecule is NS(=O)(=O)c1cccn2c(=S)[nH]nc12. The number of hydrogen-bond acceptors (Lipinski definition) is 4. The molecule has 6 nitrogen and oxygen atoms in total. The third-order valence-corrected chi connectivity index (χ3v) is 2.93. The number of H-pyrrole nitrogens is 1. The lowest BCUT2D eigenvalue weighted by molar-refractivity contribution is 0.598. The molecule has 0 atom stereocenters. The number of pyridine rings is 1. The van der Waals surface area contributed by atoms with Crippen molar-refractivity contribution in [3.05, 3.63) is 23.1 Å². The molecule has 8 heteroatoms. The predicted octanol–water partition coefficient (Wildman–Crippen LogP) is 0.0393. The van der Waals surface area contributed by atoms with Crippen LogP contribution in [0.15, 0.2) is 23.2 Å². The van der Waals surface area contributed by atoms with E-state index >= 15 is 0 Å². The predicted molar refractivity (Wildman–Crippen MR) is 51.7 cm³/mol. The maximum atomic E-state index is 11.1. The minimum atomic E-state index is -3.77. The molecule has 0 saturated heterocycles. The summed E-state index contributed by atoms with van der Waals surface area (Å²) in [6.07, 6.45) is 1.61. The molecule has 2 aromatic heterocycles. The van der Waals surface area contributed by atoms with Crippen molar-refractivity contribution < 1.29 is 8.42 Å². The van der Waals surface area contributed by atoms with Gasteiger partial charge in [-0.3, -0.25) is 9.50 Å². The quantitative estimate of drug-likeness (QED) is 0.676. The summed E-state index contributed by atoms with van der Waals surface area (Å²) >= 11 is 4.88. The molecule has 0 aliphatic heterocycles. The summed E-state index contributed by atoms with van der Waals surface area (Å²) in [5.74, 6) is 0. The van der Waals surface area contributed by atoms with E-state index < -0.39 is 10.0 Å². The van der Waals surface area contributed by atoms with Crippen LogP contribution in [0.25, 0.3) is 5.65 Å². The lowest BCUT2D eigenvalue weighted by Gasteiger charge is -1.98. The topological polar surface area (TPSA) is 93.3 Å². The van der Waals surface area contributed by atoms with Crippen LogP contribution in [0.2, 0.25) is 0 Å². The Kier molecular flexibility index (Phi) is 1.91. The molecule has 74 valence electrons. The van der Waals surface area contributed by atoms with Crippen LogP contribution in [0.3, 0.4) is 0 Å². The standard InChI is InChI=1S/C6H6N4O2S2/c7-14(11,12)4-2-1-3-10-5(4)8-9-6(10)13/h1-3H,(H,9,13)(H2,7,11,12). The van der Waals surface area contributed by atoms with E-state index in [1.165, 1.54) is 16.5 Å². The zero-order chi connectivity index (χ0) is 10.3. The van der Waals surface area contributed by atoms with Gasteiger partial charge in [-0.25, -0.2) is 13.6 Å². The van der Waals surface area contributed by atoms with Crippen LogP contribution in [0.5, 0.6) is 0 Å². The minimum Gasteiger partial charge on any atom is -0.274 e. The number of nitrogens with zero attached hydrogens (tertiary/aromatic N) is 2. The fourth-order valence-corrected chi connectivity index (χ4v) is 1.99. The van der Waals surface area contributed by atoms with Crippen LogP contribution in [0, 0.1) is 4.77 Å². The zero-order valence-electron chi connectivity index (χ0n) is 6.84. The molecule has 0 aromatic carbocycles. The third kappa shape index (κ3) is 1.33. The molecule has 0 saturated carbocycles. The van der Waals surface area contributed by atoms with Crippen LogP contribution in [-0.2, 0) is 10.0 Å². The molecular formula is C6H6N4O2S2. The number of primary sulfonamides is 1. The zero-order valence-corrected chi connectivity index (χ0v) is 8.47. The molecule has 3 N–H and O–H groups in total. The molecule has 0 fully saturated rings. The highest BCUT2D eigenvalue weighted by atomic mass is 32.2. The first-order valence-corrected chi connectivity index (χ1v) is 5.54. The van der Waals surface area contributed by atoms with Gasteiger partial charge in [0.2, 0.25) is 10.0 Å². The summed E-state index contributed by atoms with van der Waals surface area (Å²) < 4.78 is 24.0. The van der Waals surface area contributed by atoms with Gasteiger partial charge in [0, 0.05) is 6.20 Å². The molecule has 0 radical (unpaired) electrons. The molecule has 0 bridgehead atoms. The Hall–Kier alpha value is -1.25. The summed E-state index contributed by atoms with van der Waals surface area (Å²) in [7, 11) is -3.77. The Bertz CT molecular complexity index is 639. The van der Waals surface area contributed by atoms with Crippen molar-refractivity contribution in [1.82, 2.24) is 14.6 Å². The Morgan fingerprint density at radius 2 is 2.29 bits per heavy atom.